The number of carbonyl (C=O) groups is 1. The van der Waals surface area contributed by atoms with Crippen molar-refractivity contribution in [2.75, 3.05) is 11.9 Å². The number of amides is 2. The summed E-state index contributed by atoms with van der Waals surface area (Å²) in [5, 5.41) is 15.8. The lowest BCUT2D eigenvalue weighted by Gasteiger charge is -2.12. The van der Waals surface area contributed by atoms with Gasteiger partial charge in [-0.05, 0) is 12.1 Å². The summed E-state index contributed by atoms with van der Waals surface area (Å²) >= 11 is 0. The van der Waals surface area contributed by atoms with E-state index in [-0.39, 0.29) is 5.95 Å². The second kappa shape index (κ2) is 3.62. The summed E-state index contributed by atoms with van der Waals surface area (Å²) in [6.45, 7) is 2.15. The van der Waals surface area contributed by atoms with Crippen LogP contribution in [0.2, 0.25) is 0 Å². The topological polar surface area (TPSA) is 113 Å². The van der Waals surface area contributed by atoms with E-state index in [1.54, 1.807) is 6.92 Å². The van der Waals surface area contributed by atoms with E-state index in [9.17, 15) is 4.79 Å². The molecule has 1 heterocycles. The molecule has 2 amide bonds. The Balaban J connectivity index is 2.47. The zero-order chi connectivity index (χ0) is 8.97. The SMILES string of the molecule is CCN(N)C(=O)Nc1nn[nH]n1. The first-order valence-corrected chi connectivity index (χ1v) is 3.30. The number of rotatable bonds is 2. The molecule has 0 saturated heterocycles. The summed E-state index contributed by atoms with van der Waals surface area (Å²) in [4.78, 5) is 11.0. The number of aromatic amines is 1. The van der Waals surface area contributed by atoms with Crippen LogP contribution < -0.4 is 11.2 Å². The third kappa shape index (κ3) is 1.89. The van der Waals surface area contributed by atoms with Gasteiger partial charge in [-0.25, -0.2) is 10.6 Å². The smallest absolute Gasteiger partial charge is 0.272 e. The van der Waals surface area contributed by atoms with Crippen molar-refractivity contribution in [2.24, 2.45) is 5.84 Å². The van der Waals surface area contributed by atoms with Gasteiger partial charge in [0, 0.05) is 6.54 Å². The van der Waals surface area contributed by atoms with Crippen LogP contribution in [-0.2, 0) is 0 Å². The zero-order valence-corrected chi connectivity index (χ0v) is 6.48. The van der Waals surface area contributed by atoms with Crippen LogP contribution in [0.4, 0.5) is 10.7 Å². The minimum absolute atomic E-state index is 0.101. The molecule has 0 unspecified atom stereocenters. The van der Waals surface area contributed by atoms with Gasteiger partial charge in [0.05, 0.1) is 0 Å². The molecular weight excluding hydrogens is 162 g/mol. The van der Waals surface area contributed by atoms with Crippen molar-refractivity contribution in [1.82, 2.24) is 25.6 Å². The molecule has 0 atom stereocenters. The number of hydrogen-bond donors (Lipinski definition) is 3. The quantitative estimate of drug-likeness (QED) is 0.298. The Labute approximate surface area is 68.1 Å². The number of urea groups is 1. The van der Waals surface area contributed by atoms with E-state index in [0.717, 1.165) is 5.01 Å². The minimum atomic E-state index is -0.473. The van der Waals surface area contributed by atoms with Crippen LogP contribution in [0.3, 0.4) is 0 Å². The summed E-state index contributed by atoms with van der Waals surface area (Å²) < 4.78 is 0. The number of hydrazine groups is 1. The van der Waals surface area contributed by atoms with Gasteiger partial charge in [0.15, 0.2) is 0 Å². The second-order valence-electron chi connectivity index (χ2n) is 1.95. The number of carbonyl (C=O) groups excluding carboxylic acids is 1. The van der Waals surface area contributed by atoms with Gasteiger partial charge in [-0.1, -0.05) is 5.10 Å². The Hall–Kier alpha value is -1.70. The molecule has 0 aliphatic rings. The van der Waals surface area contributed by atoms with E-state index in [0.29, 0.717) is 6.54 Å². The molecule has 0 aliphatic carbocycles. The molecule has 8 nitrogen and oxygen atoms in total. The Morgan fingerprint density at radius 3 is 3.08 bits per heavy atom. The fraction of sp³-hybridized carbons (Fsp3) is 0.500. The lowest BCUT2D eigenvalue weighted by molar-refractivity contribution is 0.215. The molecule has 66 valence electrons. The average Bonchev–Trinajstić information content (AvgIpc) is 2.55. The van der Waals surface area contributed by atoms with Crippen LogP contribution >= 0.6 is 0 Å². The van der Waals surface area contributed by atoms with Crippen LogP contribution in [0, 0.1) is 0 Å². The molecular formula is C4H9N7O. The number of hydrogen-bond acceptors (Lipinski definition) is 5. The van der Waals surface area contributed by atoms with Crippen molar-refractivity contribution in [3.8, 4) is 0 Å². The van der Waals surface area contributed by atoms with Crippen molar-refractivity contribution in [3.63, 3.8) is 0 Å². The lowest BCUT2D eigenvalue weighted by atomic mass is 10.7. The highest BCUT2D eigenvalue weighted by molar-refractivity contribution is 5.86. The van der Waals surface area contributed by atoms with Gasteiger partial charge in [-0.3, -0.25) is 10.3 Å². The normalized spacial score (nSPS) is 9.50. The van der Waals surface area contributed by atoms with Gasteiger partial charge in [0.25, 0.3) is 5.95 Å². The number of nitrogens with zero attached hydrogens (tertiary/aromatic N) is 4. The van der Waals surface area contributed by atoms with Crippen molar-refractivity contribution >= 4 is 12.0 Å². The van der Waals surface area contributed by atoms with Gasteiger partial charge >= 0.3 is 6.03 Å². The molecule has 0 spiro atoms. The molecule has 0 bridgehead atoms. The summed E-state index contributed by atoms with van der Waals surface area (Å²) in [6, 6.07) is -0.473. The molecule has 1 rings (SSSR count). The fourth-order valence-corrected chi connectivity index (χ4v) is 0.526. The average molecular weight is 171 g/mol. The first kappa shape index (κ1) is 8.40. The van der Waals surface area contributed by atoms with Crippen LogP contribution in [-0.4, -0.2) is 38.2 Å². The number of nitrogens with two attached hydrogens (primary N) is 1. The summed E-state index contributed by atoms with van der Waals surface area (Å²) in [6.07, 6.45) is 0. The predicted octanol–water partition coefficient (Wildman–Crippen LogP) is -1.07. The monoisotopic (exact) mass is 171 g/mol. The largest absolute Gasteiger partial charge is 0.338 e. The van der Waals surface area contributed by atoms with Crippen molar-refractivity contribution in [2.45, 2.75) is 6.92 Å². The number of tetrazole rings is 1. The minimum Gasteiger partial charge on any atom is -0.272 e. The van der Waals surface area contributed by atoms with Crippen molar-refractivity contribution in [3.05, 3.63) is 0 Å². The van der Waals surface area contributed by atoms with Gasteiger partial charge in [-0.15, -0.1) is 5.10 Å². The highest BCUT2D eigenvalue weighted by Crippen LogP contribution is 1.91. The third-order valence-corrected chi connectivity index (χ3v) is 1.17. The highest BCUT2D eigenvalue weighted by atomic mass is 16.2. The molecule has 0 aromatic carbocycles. The Morgan fingerprint density at radius 2 is 2.58 bits per heavy atom. The van der Waals surface area contributed by atoms with E-state index in [2.05, 4.69) is 25.9 Å². The van der Waals surface area contributed by atoms with Gasteiger partial charge in [0.2, 0.25) is 0 Å². The lowest BCUT2D eigenvalue weighted by Crippen LogP contribution is -2.40. The van der Waals surface area contributed by atoms with Gasteiger partial charge < -0.3 is 0 Å². The zero-order valence-electron chi connectivity index (χ0n) is 6.48. The maximum Gasteiger partial charge on any atom is 0.338 e. The molecule has 8 heteroatoms. The Kier molecular flexibility index (Phi) is 2.53. The number of nitrogens with one attached hydrogen (secondary N) is 2. The van der Waals surface area contributed by atoms with E-state index in [4.69, 9.17) is 5.84 Å². The van der Waals surface area contributed by atoms with E-state index in [1.807, 2.05) is 0 Å². The Morgan fingerprint density at radius 1 is 1.83 bits per heavy atom. The van der Waals surface area contributed by atoms with Crippen LogP contribution in [0.5, 0.6) is 0 Å². The van der Waals surface area contributed by atoms with Crippen LogP contribution in [0.25, 0.3) is 0 Å². The number of aromatic nitrogens is 4. The molecule has 0 aliphatic heterocycles. The highest BCUT2D eigenvalue weighted by Gasteiger charge is 2.08. The second-order valence-corrected chi connectivity index (χ2v) is 1.95. The summed E-state index contributed by atoms with van der Waals surface area (Å²) in [7, 11) is 0. The molecule has 0 saturated carbocycles. The van der Waals surface area contributed by atoms with Crippen molar-refractivity contribution < 1.29 is 4.79 Å². The first-order chi connectivity index (χ1) is 5.74. The molecule has 0 radical (unpaired) electrons. The van der Waals surface area contributed by atoms with Gasteiger partial charge in [0.1, 0.15) is 0 Å². The first-order valence-electron chi connectivity index (χ1n) is 3.30. The Bertz CT molecular complexity index is 244. The van der Waals surface area contributed by atoms with E-state index >= 15 is 0 Å². The third-order valence-electron chi connectivity index (χ3n) is 1.17. The fourth-order valence-electron chi connectivity index (χ4n) is 0.526. The van der Waals surface area contributed by atoms with E-state index < -0.39 is 6.03 Å². The molecule has 4 N–H and O–H groups in total. The molecule has 0 fully saturated rings. The molecule has 1 aromatic heterocycles. The number of anilines is 1. The maximum absolute atomic E-state index is 11.0. The van der Waals surface area contributed by atoms with Gasteiger partial charge in [-0.2, -0.15) is 5.21 Å². The van der Waals surface area contributed by atoms with E-state index in [1.165, 1.54) is 0 Å². The summed E-state index contributed by atoms with van der Waals surface area (Å²) in [5.74, 6) is 5.37. The van der Waals surface area contributed by atoms with Crippen LogP contribution in [0.1, 0.15) is 6.92 Å². The van der Waals surface area contributed by atoms with Crippen molar-refractivity contribution in [1.29, 1.82) is 0 Å². The number of H-pyrrole nitrogens is 1. The summed E-state index contributed by atoms with van der Waals surface area (Å²) in [5.41, 5.74) is 0. The predicted molar refractivity (Wildman–Crippen MR) is 39.8 cm³/mol. The maximum atomic E-state index is 11.0. The van der Waals surface area contributed by atoms with Crippen LogP contribution in [0.15, 0.2) is 0 Å². The molecule has 1 aromatic rings. The molecule has 12 heavy (non-hydrogen) atoms. The standard InChI is InChI=1S/C4H9N7O/c1-2-11(5)4(12)6-3-7-9-10-8-3/h2,5H2,1H3,(H2,6,7,8,9,10,12).